The molecule has 2 aromatic carbocycles. The van der Waals surface area contributed by atoms with Gasteiger partial charge in [-0.25, -0.2) is 32.6 Å². The summed E-state index contributed by atoms with van der Waals surface area (Å²) in [7, 11) is -4.15. The smallest absolute Gasteiger partial charge is 0.416 e. The average molecular weight is 660 g/mol. The van der Waals surface area contributed by atoms with Gasteiger partial charge in [0.1, 0.15) is 0 Å². The van der Waals surface area contributed by atoms with Crippen molar-refractivity contribution in [3.63, 3.8) is 0 Å². The Hall–Kier alpha value is -4.08. The second-order valence-corrected chi connectivity index (χ2v) is 14.9. The van der Waals surface area contributed by atoms with Gasteiger partial charge < -0.3 is 15.2 Å². The normalized spacial score (nSPS) is 17.1. The fourth-order valence-electron chi connectivity index (χ4n) is 5.13. The van der Waals surface area contributed by atoms with Crippen molar-refractivity contribution in [2.45, 2.75) is 88.8 Å². The van der Waals surface area contributed by atoms with E-state index in [2.05, 4.69) is 15.0 Å². The average Bonchev–Trinajstić information content (AvgIpc) is 3.42. The molecule has 1 aliphatic rings. The highest BCUT2D eigenvalue weighted by Crippen LogP contribution is 2.41. The first-order valence-electron chi connectivity index (χ1n) is 14.4. The lowest BCUT2D eigenvalue weighted by Gasteiger charge is -2.28. The molecule has 45 heavy (non-hydrogen) atoms. The monoisotopic (exact) mass is 659 g/mol. The van der Waals surface area contributed by atoms with E-state index in [1.807, 2.05) is 0 Å². The summed E-state index contributed by atoms with van der Waals surface area (Å²) in [5.74, 6) is 0.139. The Balaban J connectivity index is 1.66. The molecule has 4 rings (SSSR count). The van der Waals surface area contributed by atoms with E-state index >= 15 is 0 Å². The number of nitro groups is 1. The topological polar surface area (TPSA) is 181 Å². The lowest BCUT2D eigenvalue weighted by atomic mass is 9.86. The largest absolute Gasteiger partial charge is 0.464 e. The van der Waals surface area contributed by atoms with Crippen LogP contribution in [0.4, 0.5) is 26.7 Å². The van der Waals surface area contributed by atoms with E-state index < -0.39 is 32.7 Å². The van der Waals surface area contributed by atoms with Gasteiger partial charge in [0.15, 0.2) is 0 Å². The van der Waals surface area contributed by atoms with Crippen LogP contribution in [0.2, 0.25) is 0 Å². The summed E-state index contributed by atoms with van der Waals surface area (Å²) in [5, 5.41) is 24.9. The Kier molecular flexibility index (Phi) is 10.1. The zero-order chi connectivity index (χ0) is 33.1. The molecule has 3 aromatic rings. The van der Waals surface area contributed by atoms with Gasteiger partial charge in [0, 0.05) is 41.4 Å². The van der Waals surface area contributed by atoms with Crippen LogP contribution in [-0.2, 0) is 14.8 Å². The lowest BCUT2D eigenvalue weighted by Crippen LogP contribution is -2.40. The summed E-state index contributed by atoms with van der Waals surface area (Å²) >= 11 is 1.38. The highest BCUT2D eigenvalue weighted by molar-refractivity contribution is 7.89. The third-order valence-corrected chi connectivity index (χ3v) is 9.98. The molecule has 0 bridgehead atoms. The van der Waals surface area contributed by atoms with Crippen molar-refractivity contribution in [3.05, 3.63) is 63.8 Å². The maximum atomic E-state index is 13.7. The zero-order valence-corrected chi connectivity index (χ0v) is 27.3. The molecule has 1 aliphatic carbocycles. The minimum Gasteiger partial charge on any atom is -0.464 e. The molecule has 0 atom stereocenters. The standard InChI is InChI=1S/C30H37N5O8S2/c1-18(2)43-28(36)32-20-8-6-19(7-9-20)27-31-17-25(44-27)24-15-14-23(16-26(24)45(41,42)33-30(3,4)5)34(29(37)38)21-10-12-22(13-11-21)35(39)40/h10-20,33H,6-9H2,1-5H3,(H,32,36)(H,37,38). The third kappa shape index (κ3) is 8.55. The molecule has 1 saturated carbocycles. The third-order valence-electron chi connectivity index (χ3n) is 6.99. The SMILES string of the molecule is CC(C)OC(=O)NC1CCC(c2ncc(-c3ccc(N(C(=O)O)c4ccc([N+](=O)[O-])cc4)cc3S(=O)(=O)NC(C)(C)C)s2)CC1. The number of nitro benzene ring substituents is 1. The molecule has 13 nitrogen and oxygen atoms in total. The second kappa shape index (κ2) is 13.5. The molecule has 2 amide bonds. The number of aromatic nitrogens is 1. The maximum absolute atomic E-state index is 13.7. The van der Waals surface area contributed by atoms with Gasteiger partial charge in [-0.05, 0) is 84.6 Å². The fourth-order valence-corrected chi connectivity index (χ4v) is 7.98. The van der Waals surface area contributed by atoms with Gasteiger partial charge in [0.2, 0.25) is 10.0 Å². The molecule has 0 unspecified atom stereocenters. The molecule has 0 saturated heterocycles. The number of carbonyl (C=O) groups excluding carboxylic acids is 1. The van der Waals surface area contributed by atoms with E-state index in [1.54, 1.807) is 46.9 Å². The number of anilines is 2. The molecule has 3 N–H and O–H groups in total. The van der Waals surface area contributed by atoms with Gasteiger partial charge in [0.25, 0.3) is 5.69 Å². The maximum Gasteiger partial charge on any atom is 0.416 e. The van der Waals surface area contributed by atoms with Crippen LogP contribution < -0.4 is 14.9 Å². The number of benzene rings is 2. The van der Waals surface area contributed by atoms with Crippen LogP contribution >= 0.6 is 11.3 Å². The number of sulfonamides is 1. The predicted molar refractivity (Wildman–Crippen MR) is 171 cm³/mol. The molecule has 0 radical (unpaired) electrons. The number of rotatable bonds is 9. The van der Waals surface area contributed by atoms with Crippen LogP contribution in [0.25, 0.3) is 10.4 Å². The Morgan fingerprint density at radius 1 is 1.09 bits per heavy atom. The van der Waals surface area contributed by atoms with Crippen LogP contribution in [0.15, 0.2) is 53.6 Å². The van der Waals surface area contributed by atoms with Gasteiger partial charge in [-0.2, -0.15) is 0 Å². The van der Waals surface area contributed by atoms with Crippen molar-refractivity contribution >= 4 is 50.6 Å². The van der Waals surface area contributed by atoms with Crippen molar-refractivity contribution in [1.82, 2.24) is 15.0 Å². The first kappa shape index (κ1) is 33.8. The Labute approximate surface area is 265 Å². The summed E-state index contributed by atoms with van der Waals surface area (Å²) in [6, 6.07) is 9.26. The van der Waals surface area contributed by atoms with Crippen LogP contribution in [0, 0.1) is 10.1 Å². The van der Waals surface area contributed by atoms with Gasteiger partial charge in [0.05, 0.1) is 37.2 Å². The van der Waals surface area contributed by atoms with Crippen molar-refractivity contribution in [1.29, 1.82) is 0 Å². The molecule has 1 fully saturated rings. The molecular weight excluding hydrogens is 622 g/mol. The van der Waals surface area contributed by atoms with Crippen LogP contribution in [0.3, 0.4) is 0 Å². The zero-order valence-electron chi connectivity index (χ0n) is 25.6. The Bertz CT molecular complexity index is 1660. The van der Waals surface area contributed by atoms with Crippen molar-refractivity contribution in [3.8, 4) is 10.4 Å². The fraction of sp³-hybridized carbons (Fsp3) is 0.433. The molecule has 0 aliphatic heterocycles. The highest BCUT2D eigenvalue weighted by atomic mass is 32.2. The summed E-state index contributed by atoms with van der Waals surface area (Å²) < 4.78 is 35.3. The number of hydrogen-bond donors (Lipinski definition) is 3. The Morgan fingerprint density at radius 2 is 1.71 bits per heavy atom. The second-order valence-electron chi connectivity index (χ2n) is 12.1. The quantitative estimate of drug-likeness (QED) is 0.165. The molecule has 0 spiro atoms. The summed E-state index contributed by atoms with van der Waals surface area (Å²) in [6.07, 6.45) is 2.68. The first-order valence-corrected chi connectivity index (χ1v) is 16.7. The summed E-state index contributed by atoms with van der Waals surface area (Å²) in [4.78, 5) is 40.8. The minimum absolute atomic E-state index is 0.00706. The van der Waals surface area contributed by atoms with Crippen molar-refractivity contribution in [2.24, 2.45) is 0 Å². The van der Waals surface area contributed by atoms with Gasteiger partial charge >= 0.3 is 12.2 Å². The predicted octanol–water partition coefficient (Wildman–Crippen LogP) is 6.77. The number of ether oxygens (including phenoxy) is 1. The number of carboxylic acid groups (broad SMARTS) is 1. The number of non-ortho nitro benzene ring substituents is 1. The van der Waals surface area contributed by atoms with Gasteiger partial charge in [-0.15, -0.1) is 11.3 Å². The highest BCUT2D eigenvalue weighted by Gasteiger charge is 2.30. The number of nitrogens with one attached hydrogen (secondary N) is 2. The Morgan fingerprint density at radius 3 is 2.27 bits per heavy atom. The van der Waals surface area contributed by atoms with E-state index in [0.717, 1.165) is 35.6 Å². The van der Waals surface area contributed by atoms with Crippen LogP contribution in [0.1, 0.15) is 71.2 Å². The molecule has 242 valence electrons. The minimum atomic E-state index is -4.15. The van der Waals surface area contributed by atoms with Crippen molar-refractivity contribution < 1.29 is 32.8 Å². The van der Waals surface area contributed by atoms with Gasteiger partial charge in [-0.1, -0.05) is 6.07 Å². The number of thiazole rings is 1. The number of nitrogens with zero attached hydrogens (tertiary/aromatic N) is 3. The summed E-state index contributed by atoms with van der Waals surface area (Å²) in [6.45, 7) is 8.69. The molecule has 1 heterocycles. The van der Waals surface area contributed by atoms with E-state index in [9.17, 15) is 33.2 Å². The van der Waals surface area contributed by atoms with Crippen LogP contribution in [-0.4, -0.2) is 53.3 Å². The number of carbonyl (C=O) groups is 2. The van der Waals surface area contributed by atoms with E-state index in [4.69, 9.17) is 4.74 Å². The lowest BCUT2D eigenvalue weighted by molar-refractivity contribution is -0.384. The first-order chi connectivity index (χ1) is 21.0. The summed E-state index contributed by atoms with van der Waals surface area (Å²) in [5.41, 5.74) is -0.530. The van der Waals surface area contributed by atoms with Gasteiger partial charge in [-0.3, -0.25) is 10.1 Å². The van der Waals surface area contributed by atoms with E-state index in [1.165, 1.54) is 47.7 Å². The van der Waals surface area contributed by atoms with E-state index in [-0.39, 0.29) is 40.0 Å². The number of hydrogen-bond acceptors (Lipinski definition) is 9. The van der Waals surface area contributed by atoms with E-state index in [0.29, 0.717) is 10.4 Å². The molecule has 1 aromatic heterocycles. The van der Waals surface area contributed by atoms with Crippen LogP contribution in [0.5, 0.6) is 0 Å². The number of alkyl carbamates (subject to hydrolysis) is 1. The molecular formula is C30H37N5O8S2. The molecule has 15 heteroatoms. The van der Waals surface area contributed by atoms with Crippen molar-refractivity contribution in [2.75, 3.05) is 4.90 Å². The number of amides is 2.